The number of unbranched alkanes of at least 4 members (excludes halogenated alkanes) is 4. The normalized spacial score (nSPS) is 14.2. The van der Waals surface area contributed by atoms with Crippen molar-refractivity contribution in [3.05, 3.63) is 144 Å². The summed E-state index contributed by atoms with van der Waals surface area (Å²) in [6, 6.07) is 42.9. The van der Waals surface area contributed by atoms with Gasteiger partial charge in [0.2, 0.25) is 5.91 Å². The maximum atomic E-state index is 13.3. The lowest BCUT2D eigenvalue weighted by Gasteiger charge is -2.35. The predicted molar refractivity (Wildman–Crippen MR) is 209 cm³/mol. The Kier molecular flexibility index (Phi) is 15.3. The third-order valence-corrected chi connectivity index (χ3v) is 11.6. The highest BCUT2D eigenvalue weighted by Crippen LogP contribution is 2.48. The van der Waals surface area contributed by atoms with E-state index in [1.165, 1.54) is 86.8 Å². The summed E-state index contributed by atoms with van der Waals surface area (Å²) < 4.78 is -0.478. The molecular formula is C44H57N3OS. The lowest BCUT2D eigenvalue weighted by molar-refractivity contribution is -0.118. The van der Waals surface area contributed by atoms with E-state index in [0.717, 1.165) is 32.0 Å². The van der Waals surface area contributed by atoms with Crippen molar-refractivity contribution in [2.45, 2.75) is 69.0 Å². The Balaban J connectivity index is 1.01. The number of likely N-dealkylation sites (tertiary alicyclic amines) is 1. The van der Waals surface area contributed by atoms with Crippen LogP contribution in [0.2, 0.25) is 0 Å². The van der Waals surface area contributed by atoms with E-state index in [-0.39, 0.29) is 5.91 Å². The zero-order valence-corrected chi connectivity index (χ0v) is 30.5. The van der Waals surface area contributed by atoms with E-state index in [4.69, 9.17) is 0 Å². The van der Waals surface area contributed by atoms with Crippen molar-refractivity contribution in [2.75, 3.05) is 51.6 Å². The topological polar surface area (TPSA) is 35.6 Å². The van der Waals surface area contributed by atoms with Gasteiger partial charge in [0.05, 0.1) is 10.5 Å². The minimum Gasteiger partial charge on any atom is -0.354 e. The van der Waals surface area contributed by atoms with Gasteiger partial charge in [0.1, 0.15) is 0 Å². The molecule has 1 N–H and O–H groups in total. The standard InChI is InChI=1S/C44H57N3OS/c1-2-31-46(32-18-4-3-5-19-33-47-34-28-39(29-35-47)38-20-10-6-11-21-38)36-30-45-43(48)37-49-44(40-22-12-7-13-23-40,41-24-14-8-15-25-41)42-26-16-9-17-27-42/h6-17,20-27,39H,2-5,18-19,28-37H2,1H3,(H,45,48). The van der Waals surface area contributed by atoms with Gasteiger partial charge in [-0.2, -0.15) is 0 Å². The van der Waals surface area contributed by atoms with Crippen molar-refractivity contribution in [1.82, 2.24) is 15.1 Å². The number of thioether (sulfide) groups is 1. The first-order chi connectivity index (χ1) is 24.2. The Hall–Kier alpha value is -3.38. The quantitative estimate of drug-likeness (QED) is 0.0748. The van der Waals surface area contributed by atoms with Crippen LogP contribution in [0.5, 0.6) is 0 Å². The molecule has 1 amide bonds. The highest BCUT2D eigenvalue weighted by Gasteiger charge is 2.37. The molecule has 4 aromatic carbocycles. The molecule has 1 fully saturated rings. The lowest BCUT2D eigenvalue weighted by atomic mass is 9.84. The highest BCUT2D eigenvalue weighted by atomic mass is 32.2. The van der Waals surface area contributed by atoms with E-state index >= 15 is 0 Å². The van der Waals surface area contributed by atoms with Crippen LogP contribution in [-0.4, -0.2) is 67.3 Å². The van der Waals surface area contributed by atoms with Gasteiger partial charge >= 0.3 is 0 Å². The molecule has 0 unspecified atom stereocenters. The summed E-state index contributed by atoms with van der Waals surface area (Å²) in [5.41, 5.74) is 5.07. The third-order valence-electron chi connectivity index (χ3n) is 10.1. The number of benzene rings is 4. The number of amides is 1. The van der Waals surface area contributed by atoms with Crippen LogP contribution in [-0.2, 0) is 9.54 Å². The van der Waals surface area contributed by atoms with Crippen molar-refractivity contribution < 1.29 is 4.79 Å². The molecule has 5 heteroatoms. The summed E-state index contributed by atoms with van der Waals surface area (Å²) in [4.78, 5) is 18.5. The van der Waals surface area contributed by atoms with Gasteiger partial charge in [-0.05, 0) is 93.0 Å². The largest absolute Gasteiger partial charge is 0.354 e. The van der Waals surface area contributed by atoms with Crippen molar-refractivity contribution in [2.24, 2.45) is 0 Å². The molecule has 0 aliphatic carbocycles. The minimum atomic E-state index is -0.478. The maximum absolute atomic E-state index is 13.3. The van der Waals surface area contributed by atoms with Crippen LogP contribution in [0.3, 0.4) is 0 Å². The summed E-state index contributed by atoms with van der Waals surface area (Å²) in [5.74, 6) is 1.23. The molecule has 49 heavy (non-hydrogen) atoms. The van der Waals surface area contributed by atoms with E-state index in [1.54, 1.807) is 11.8 Å². The minimum absolute atomic E-state index is 0.0953. The van der Waals surface area contributed by atoms with Crippen molar-refractivity contribution in [1.29, 1.82) is 0 Å². The van der Waals surface area contributed by atoms with Crippen molar-refractivity contribution in [3.63, 3.8) is 0 Å². The van der Waals surface area contributed by atoms with Crippen LogP contribution in [0.15, 0.2) is 121 Å². The van der Waals surface area contributed by atoms with E-state index in [1.807, 2.05) is 0 Å². The molecule has 4 aromatic rings. The molecule has 4 nitrogen and oxygen atoms in total. The Morgan fingerprint density at radius 3 is 1.76 bits per heavy atom. The van der Waals surface area contributed by atoms with E-state index in [2.05, 4.69) is 143 Å². The molecule has 1 aliphatic rings. The highest BCUT2D eigenvalue weighted by molar-refractivity contribution is 8.01. The molecule has 260 valence electrons. The SMILES string of the molecule is CCCN(CCCCCCCN1CCC(c2ccccc2)CC1)CCNC(=O)CSC(c1ccccc1)(c1ccccc1)c1ccccc1. The van der Waals surface area contributed by atoms with Crippen LogP contribution >= 0.6 is 11.8 Å². The monoisotopic (exact) mass is 675 g/mol. The number of nitrogens with zero attached hydrogens (tertiary/aromatic N) is 2. The van der Waals surface area contributed by atoms with E-state index < -0.39 is 4.75 Å². The molecule has 0 radical (unpaired) electrons. The van der Waals surface area contributed by atoms with Gasteiger partial charge in [-0.15, -0.1) is 11.8 Å². The lowest BCUT2D eigenvalue weighted by Crippen LogP contribution is -2.37. The molecule has 1 saturated heterocycles. The fourth-order valence-electron chi connectivity index (χ4n) is 7.41. The van der Waals surface area contributed by atoms with Gasteiger partial charge in [0, 0.05) is 13.1 Å². The Bertz CT molecular complexity index is 1360. The molecule has 0 saturated carbocycles. The first-order valence-electron chi connectivity index (χ1n) is 18.8. The summed E-state index contributed by atoms with van der Waals surface area (Å²) in [6.45, 7) is 9.79. The molecule has 0 aromatic heterocycles. The summed E-state index contributed by atoms with van der Waals surface area (Å²) in [6.07, 6.45) is 10.2. The molecule has 0 atom stereocenters. The maximum Gasteiger partial charge on any atom is 0.230 e. The van der Waals surface area contributed by atoms with Crippen LogP contribution in [0.1, 0.15) is 86.5 Å². The van der Waals surface area contributed by atoms with Crippen molar-refractivity contribution >= 4 is 17.7 Å². The summed E-state index contributed by atoms with van der Waals surface area (Å²) in [7, 11) is 0. The second-order valence-electron chi connectivity index (χ2n) is 13.6. The third kappa shape index (κ3) is 11.1. The first-order valence-corrected chi connectivity index (χ1v) is 19.7. The van der Waals surface area contributed by atoms with Gasteiger partial charge < -0.3 is 15.1 Å². The zero-order valence-electron chi connectivity index (χ0n) is 29.6. The number of carbonyl (C=O) groups excluding carboxylic acids is 1. The molecule has 0 bridgehead atoms. The first kappa shape index (κ1) is 36.9. The molecule has 5 rings (SSSR count). The second-order valence-corrected chi connectivity index (χ2v) is 14.7. The number of rotatable bonds is 20. The summed E-state index contributed by atoms with van der Waals surface area (Å²) in [5, 5.41) is 3.25. The van der Waals surface area contributed by atoms with E-state index in [0.29, 0.717) is 12.3 Å². The molecule has 0 spiro atoms. The number of carbonyl (C=O) groups is 1. The molecule has 1 aliphatic heterocycles. The Labute approximate surface area is 300 Å². The van der Waals surface area contributed by atoms with Crippen LogP contribution in [0, 0.1) is 0 Å². The number of hydrogen-bond acceptors (Lipinski definition) is 4. The van der Waals surface area contributed by atoms with Crippen LogP contribution < -0.4 is 5.32 Å². The predicted octanol–water partition coefficient (Wildman–Crippen LogP) is 9.37. The molecular weight excluding hydrogens is 619 g/mol. The number of piperidine rings is 1. The van der Waals surface area contributed by atoms with Gasteiger partial charge in [-0.1, -0.05) is 148 Å². The van der Waals surface area contributed by atoms with Gasteiger partial charge in [-0.3, -0.25) is 4.79 Å². The van der Waals surface area contributed by atoms with Gasteiger partial charge in [0.15, 0.2) is 0 Å². The fourth-order valence-corrected chi connectivity index (χ4v) is 8.77. The Morgan fingerprint density at radius 2 is 1.20 bits per heavy atom. The second kappa shape index (κ2) is 20.3. The average Bonchev–Trinajstić information content (AvgIpc) is 3.16. The average molecular weight is 676 g/mol. The number of nitrogens with one attached hydrogen (secondary N) is 1. The fraction of sp³-hybridized carbons (Fsp3) is 0.432. The van der Waals surface area contributed by atoms with Crippen LogP contribution in [0.25, 0.3) is 0 Å². The van der Waals surface area contributed by atoms with Crippen LogP contribution in [0.4, 0.5) is 0 Å². The van der Waals surface area contributed by atoms with Crippen molar-refractivity contribution in [3.8, 4) is 0 Å². The van der Waals surface area contributed by atoms with E-state index in [9.17, 15) is 4.79 Å². The number of hydrogen-bond donors (Lipinski definition) is 1. The molecule has 1 heterocycles. The zero-order chi connectivity index (χ0) is 34.0. The van der Waals surface area contributed by atoms with Gasteiger partial charge in [-0.25, -0.2) is 0 Å². The Morgan fingerprint density at radius 1 is 0.694 bits per heavy atom. The van der Waals surface area contributed by atoms with Gasteiger partial charge in [0.25, 0.3) is 0 Å². The summed E-state index contributed by atoms with van der Waals surface area (Å²) >= 11 is 1.71. The smallest absolute Gasteiger partial charge is 0.230 e.